The molecule has 1 N–H and O–H groups in total. The minimum Gasteiger partial charge on any atom is -0.354 e. The van der Waals surface area contributed by atoms with E-state index in [1.165, 1.54) is 11.8 Å². The van der Waals surface area contributed by atoms with E-state index in [-0.39, 0.29) is 11.8 Å². The molecule has 2 aromatic carbocycles. The van der Waals surface area contributed by atoms with Gasteiger partial charge < -0.3 is 10.2 Å². The van der Waals surface area contributed by atoms with Crippen LogP contribution in [-0.4, -0.2) is 41.6 Å². The van der Waals surface area contributed by atoms with Gasteiger partial charge in [-0.05, 0) is 37.0 Å². The van der Waals surface area contributed by atoms with Crippen molar-refractivity contribution < 1.29 is 9.59 Å². The van der Waals surface area contributed by atoms with Crippen molar-refractivity contribution in [3.8, 4) is 0 Å². The highest BCUT2D eigenvalue weighted by atomic mass is 35.5. The molecule has 0 saturated carbocycles. The number of unbranched alkanes of at least 4 members (excludes halogenated alkanes) is 1. The second kappa shape index (κ2) is 13.3. The Morgan fingerprint density at radius 1 is 1.10 bits per heavy atom. The predicted molar refractivity (Wildman–Crippen MR) is 127 cm³/mol. The van der Waals surface area contributed by atoms with Crippen LogP contribution in [-0.2, 0) is 21.8 Å². The summed E-state index contributed by atoms with van der Waals surface area (Å²) in [4.78, 5) is 27.3. The molecule has 0 aliphatic heterocycles. The van der Waals surface area contributed by atoms with Crippen molar-refractivity contribution in [2.24, 2.45) is 0 Å². The number of benzene rings is 2. The van der Waals surface area contributed by atoms with Crippen LogP contribution >= 0.6 is 23.4 Å². The minimum atomic E-state index is -0.501. The maximum Gasteiger partial charge on any atom is 0.242 e. The number of thioether (sulfide) groups is 1. The summed E-state index contributed by atoms with van der Waals surface area (Å²) in [6.07, 6.45) is 2.67. The number of hydrogen-bond acceptors (Lipinski definition) is 3. The largest absolute Gasteiger partial charge is 0.354 e. The molecule has 0 spiro atoms. The third kappa shape index (κ3) is 8.04. The Balaban J connectivity index is 1.98. The highest BCUT2D eigenvalue weighted by molar-refractivity contribution is 7.99. The van der Waals surface area contributed by atoms with Gasteiger partial charge >= 0.3 is 0 Å². The average Bonchev–Trinajstić information content (AvgIpc) is 2.76. The van der Waals surface area contributed by atoms with Gasteiger partial charge in [-0.1, -0.05) is 73.5 Å². The van der Waals surface area contributed by atoms with Crippen LogP contribution in [0.3, 0.4) is 0 Å². The topological polar surface area (TPSA) is 49.4 Å². The molecule has 0 aliphatic rings. The molecule has 0 bridgehead atoms. The van der Waals surface area contributed by atoms with E-state index in [0.717, 1.165) is 24.0 Å². The zero-order valence-corrected chi connectivity index (χ0v) is 19.3. The van der Waals surface area contributed by atoms with Gasteiger partial charge in [0.05, 0.1) is 5.75 Å². The van der Waals surface area contributed by atoms with E-state index in [1.807, 2.05) is 61.5 Å². The predicted octanol–water partition coefficient (Wildman–Crippen LogP) is 4.95. The van der Waals surface area contributed by atoms with Crippen molar-refractivity contribution in [3.63, 3.8) is 0 Å². The first-order valence-electron chi connectivity index (χ1n) is 10.4. The molecule has 0 fully saturated rings. The second-order valence-electron chi connectivity index (χ2n) is 7.23. The molecule has 30 heavy (non-hydrogen) atoms. The monoisotopic (exact) mass is 446 g/mol. The number of carbonyl (C=O) groups is 2. The number of carbonyl (C=O) groups excluding carboxylic acids is 2. The molecule has 2 rings (SSSR count). The first kappa shape index (κ1) is 24.3. The normalized spacial score (nSPS) is 11.7. The molecule has 1 atom stereocenters. The van der Waals surface area contributed by atoms with Crippen molar-refractivity contribution in [1.82, 2.24) is 10.2 Å². The summed E-state index contributed by atoms with van der Waals surface area (Å²) >= 11 is 7.73. The first-order chi connectivity index (χ1) is 14.5. The average molecular weight is 447 g/mol. The Labute approximate surface area is 189 Å². The standard InChI is InChI=1S/C24H31ClN2O2S/c1-3-4-15-26-24(29)19(2)27(16-14-20-10-6-5-7-11-20)23(28)18-30-17-21-12-8-9-13-22(21)25/h5-13,19H,3-4,14-18H2,1-2H3,(H,26,29). The number of nitrogens with zero attached hydrogens (tertiary/aromatic N) is 1. The number of hydrogen-bond donors (Lipinski definition) is 1. The molecular weight excluding hydrogens is 416 g/mol. The summed E-state index contributed by atoms with van der Waals surface area (Å²) in [5, 5.41) is 3.66. The summed E-state index contributed by atoms with van der Waals surface area (Å²) in [6.45, 7) is 5.05. The molecule has 162 valence electrons. The van der Waals surface area contributed by atoms with Crippen LogP contribution in [0, 0.1) is 0 Å². The van der Waals surface area contributed by atoms with Gasteiger partial charge in [0.2, 0.25) is 11.8 Å². The maximum absolute atomic E-state index is 13.0. The third-order valence-electron chi connectivity index (χ3n) is 4.92. The van der Waals surface area contributed by atoms with Crippen LogP contribution in [0.25, 0.3) is 0 Å². The number of rotatable bonds is 12. The Hall–Kier alpha value is -1.98. The molecule has 6 heteroatoms. The van der Waals surface area contributed by atoms with Gasteiger partial charge in [0.1, 0.15) is 6.04 Å². The Morgan fingerprint density at radius 2 is 1.80 bits per heavy atom. The number of nitrogens with one attached hydrogen (secondary N) is 1. The molecule has 0 saturated heterocycles. The van der Waals surface area contributed by atoms with Gasteiger partial charge in [-0.3, -0.25) is 9.59 Å². The quantitative estimate of drug-likeness (QED) is 0.469. The lowest BCUT2D eigenvalue weighted by Gasteiger charge is -2.28. The number of amides is 2. The van der Waals surface area contributed by atoms with Crippen LogP contribution < -0.4 is 5.32 Å². The van der Waals surface area contributed by atoms with E-state index in [1.54, 1.807) is 4.90 Å². The molecule has 1 unspecified atom stereocenters. The van der Waals surface area contributed by atoms with Crippen molar-refractivity contribution in [1.29, 1.82) is 0 Å². The highest BCUT2D eigenvalue weighted by Crippen LogP contribution is 2.21. The Morgan fingerprint density at radius 3 is 2.50 bits per heavy atom. The van der Waals surface area contributed by atoms with Crippen molar-refractivity contribution in [3.05, 3.63) is 70.7 Å². The van der Waals surface area contributed by atoms with Crippen LogP contribution in [0.2, 0.25) is 5.02 Å². The minimum absolute atomic E-state index is 0.0267. The lowest BCUT2D eigenvalue weighted by atomic mass is 10.1. The van der Waals surface area contributed by atoms with Gasteiger partial charge in [-0.2, -0.15) is 0 Å². The fraction of sp³-hybridized carbons (Fsp3) is 0.417. The molecule has 4 nitrogen and oxygen atoms in total. The van der Waals surface area contributed by atoms with Gasteiger partial charge in [-0.25, -0.2) is 0 Å². The summed E-state index contributed by atoms with van der Waals surface area (Å²) in [6, 6.07) is 17.2. The Kier molecular flexibility index (Phi) is 10.8. The van der Waals surface area contributed by atoms with Crippen molar-refractivity contribution >= 4 is 35.2 Å². The van der Waals surface area contributed by atoms with Gasteiger partial charge in [0.25, 0.3) is 0 Å². The molecule has 0 aliphatic carbocycles. The summed E-state index contributed by atoms with van der Waals surface area (Å²) in [5.74, 6) is 0.851. The zero-order chi connectivity index (χ0) is 21.8. The lowest BCUT2D eigenvalue weighted by molar-refractivity contribution is -0.137. The molecule has 2 aromatic rings. The molecule has 0 aromatic heterocycles. The van der Waals surface area contributed by atoms with Gasteiger partial charge in [0.15, 0.2) is 0 Å². The first-order valence-corrected chi connectivity index (χ1v) is 12.0. The molecule has 0 radical (unpaired) electrons. The van der Waals surface area contributed by atoms with Gasteiger partial charge in [-0.15, -0.1) is 11.8 Å². The maximum atomic E-state index is 13.0. The van der Waals surface area contributed by atoms with Crippen molar-refractivity contribution in [2.45, 2.75) is 44.9 Å². The number of halogens is 1. The molecule has 2 amide bonds. The van der Waals surface area contributed by atoms with Crippen LogP contribution in [0.15, 0.2) is 54.6 Å². The summed E-state index contributed by atoms with van der Waals surface area (Å²) < 4.78 is 0. The fourth-order valence-electron chi connectivity index (χ4n) is 3.05. The van der Waals surface area contributed by atoms with Crippen LogP contribution in [0.5, 0.6) is 0 Å². The molecular formula is C24H31ClN2O2S. The molecule has 0 heterocycles. The zero-order valence-electron chi connectivity index (χ0n) is 17.8. The van der Waals surface area contributed by atoms with E-state index >= 15 is 0 Å². The van der Waals surface area contributed by atoms with Crippen LogP contribution in [0.4, 0.5) is 0 Å². The highest BCUT2D eigenvalue weighted by Gasteiger charge is 2.25. The fourth-order valence-corrected chi connectivity index (χ4v) is 4.25. The van der Waals surface area contributed by atoms with E-state index in [2.05, 4.69) is 12.2 Å². The second-order valence-corrected chi connectivity index (χ2v) is 8.62. The summed E-state index contributed by atoms with van der Waals surface area (Å²) in [7, 11) is 0. The van der Waals surface area contributed by atoms with Crippen molar-refractivity contribution in [2.75, 3.05) is 18.8 Å². The van der Waals surface area contributed by atoms with Gasteiger partial charge in [0, 0.05) is 23.9 Å². The Bertz CT molecular complexity index is 801. The van der Waals surface area contributed by atoms with Crippen LogP contribution in [0.1, 0.15) is 37.8 Å². The third-order valence-corrected chi connectivity index (χ3v) is 6.26. The lowest BCUT2D eigenvalue weighted by Crippen LogP contribution is -2.49. The van der Waals surface area contributed by atoms with E-state index in [0.29, 0.717) is 36.0 Å². The SMILES string of the molecule is CCCCNC(=O)C(C)N(CCc1ccccc1)C(=O)CSCc1ccccc1Cl. The van der Waals surface area contributed by atoms with E-state index < -0.39 is 6.04 Å². The van der Waals surface area contributed by atoms with E-state index in [4.69, 9.17) is 11.6 Å². The summed E-state index contributed by atoms with van der Waals surface area (Å²) in [5.41, 5.74) is 2.16. The smallest absolute Gasteiger partial charge is 0.242 e. The van der Waals surface area contributed by atoms with E-state index in [9.17, 15) is 9.59 Å².